The van der Waals surface area contributed by atoms with Crippen LogP contribution < -0.4 is 20.7 Å². The molecule has 4 aromatic rings. The highest BCUT2D eigenvalue weighted by Gasteiger charge is 2.24. The molecule has 0 spiro atoms. The number of ether oxygens (including phenoxy) is 1. The van der Waals surface area contributed by atoms with E-state index in [0.29, 0.717) is 13.2 Å². The van der Waals surface area contributed by atoms with Gasteiger partial charge in [0.15, 0.2) is 0 Å². The SMILES string of the molecule is Cc1cc2c(N3CCNc4cc(-c5cnn(C)c5)ncc43)cc(N3CCOCC3)cc2n(C)c1=O. The summed E-state index contributed by atoms with van der Waals surface area (Å²) < 4.78 is 9.13. The number of hydrogen-bond acceptors (Lipinski definition) is 7. The molecular formula is C26H29N7O2. The number of benzene rings is 1. The van der Waals surface area contributed by atoms with E-state index in [9.17, 15) is 4.79 Å². The molecule has 1 fully saturated rings. The molecule has 0 amide bonds. The Bertz CT molecular complexity index is 1480. The first-order valence-electron chi connectivity index (χ1n) is 12.0. The van der Waals surface area contributed by atoms with Gasteiger partial charge in [-0.3, -0.25) is 14.5 Å². The van der Waals surface area contributed by atoms with Gasteiger partial charge in [-0.1, -0.05) is 0 Å². The molecule has 5 heterocycles. The first-order chi connectivity index (χ1) is 17.0. The van der Waals surface area contributed by atoms with E-state index in [4.69, 9.17) is 9.72 Å². The predicted molar refractivity (Wildman–Crippen MR) is 139 cm³/mol. The summed E-state index contributed by atoms with van der Waals surface area (Å²) in [5, 5.41) is 8.89. The lowest BCUT2D eigenvalue weighted by Crippen LogP contribution is -2.36. The average molecular weight is 472 g/mol. The van der Waals surface area contributed by atoms with E-state index >= 15 is 0 Å². The van der Waals surface area contributed by atoms with Crippen molar-refractivity contribution in [2.45, 2.75) is 6.92 Å². The van der Waals surface area contributed by atoms with Crippen LogP contribution in [0, 0.1) is 6.92 Å². The Morgan fingerprint density at radius 1 is 1.00 bits per heavy atom. The van der Waals surface area contributed by atoms with Crippen LogP contribution >= 0.6 is 0 Å². The molecule has 1 saturated heterocycles. The largest absolute Gasteiger partial charge is 0.381 e. The van der Waals surface area contributed by atoms with E-state index in [1.165, 1.54) is 0 Å². The van der Waals surface area contributed by atoms with E-state index < -0.39 is 0 Å². The second kappa shape index (κ2) is 8.42. The van der Waals surface area contributed by atoms with E-state index in [1.807, 2.05) is 45.7 Å². The summed E-state index contributed by atoms with van der Waals surface area (Å²) in [5.74, 6) is 0. The van der Waals surface area contributed by atoms with Crippen LogP contribution in [0.25, 0.3) is 22.2 Å². The van der Waals surface area contributed by atoms with Crippen molar-refractivity contribution in [1.29, 1.82) is 0 Å². The summed E-state index contributed by atoms with van der Waals surface area (Å²) >= 11 is 0. The van der Waals surface area contributed by atoms with Crippen molar-refractivity contribution in [3.05, 3.63) is 58.8 Å². The highest BCUT2D eigenvalue weighted by Crippen LogP contribution is 2.41. The first-order valence-corrected chi connectivity index (χ1v) is 12.0. The Hall–Kier alpha value is -3.85. The molecule has 0 radical (unpaired) electrons. The van der Waals surface area contributed by atoms with Gasteiger partial charge in [0, 0.05) is 68.7 Å². The Kier molecular flexibility index (Phi) is 5.21. The van der Waals surface area contributed by atoms with Crippen molar-refractivity contribution in [2.24, 2.45) is 14.1 Å². The minimum absolute atomic E-state index is 0.0334. The summed E-state index contributed by atoms with van der Waals surface area (Å²) in [5.41, 5.74) is 7.82. The molecule has 0 bridgehead atoms. The number of aryl methyl sites for hydroxylation is 3. The fraction of sp³-hybridized carbons (Fsp3) is 0.346. The number of anilines is 4. The molecule has 9 heteroatoms. The number of nitrogens with zero attached hydrogens (tertiary/aromatic N) is 6. The fourth-order valence-corrected chi connectivity index (χ4v) is 5.10. The van der Waals surface area contributed by atoms with Gasteiger partial charge in [-0.25, -0.2) is 0 Å². The number of nitrogens with one attached hydrogen (secondary N) is 1. The third-order valence-corrected chi connectivity index (χ3v) is 6.98. The highest BCUT2D eigenvalue weighted by atomic mass is 16.5. The van der Waals surface area contributed by atoms with Crippen molar-refractivity contribution in [2.75, 3.05) is 54.5 Å². The van der Waals surface area contributed by atoms with Crippen LogP contribution in [-0.2, 0) is 18.8 Å². The normalized spacial score (nSPS) is 15.9. The molecule has 9 nitrogen and oxygen atoms in total. The maximum Gasteiger partial charge on any atom is 0.253 e. The van der Waals surface area contributed by atoms with Crippen LogP contribution in [-0.4, -0.2) is 58.7 Å². The maximum absolute atomic E-state index is 12.8. The van der Waals surface area contributed by atoms with Crippen LogP contribution in [0.2, 0.25) is 0 Å². The minimum atomic E-state index is 0.0334. The van der Waals surface area contributed by atoms with Crippen LogP contribution in [0.3, 0.4) is 0 Å². The molecule has 2 aliphatic heterocycles. The van der Waals surface area contributed by atoms with Gasteiger partial charge in [0.25, 0.3) is 5.56 Å². The van der Waals surface area contributed by atoms with Crippen LogP contribution in [0.5, 0.6) is 0 Å². The van der Waals surface area contributed by atoms with Gasteiger partial charge in [0.2, 0.25) is 0 Å². The second-order valence-corrected chi connectivity index (χ2v) is 9.26. The van der Waals surface area contributed by atoms with Crippen LogP contribution in [0.15, 0.2) is 47.7 Å². The summed E-state index contributed by atoms with van der Waals surface area (Å²) in [6.07, 6.45) is 5.74. The molecule has 6 rings (SSSR count). The van der Waals surface area contributed by atoms with Gasteiger partial charge in [-0.15, -0.1) is 0 Å². The number of morpholine rings is 1. The molecular weight excluding hydrogens is 442 g/mol. The van der Waals surface area contributed by atoms with E-state index in [-0.39, 0.29) is 5.56 Å². The Morgan fingerprint density at radius 3 is 2.60 bits per heavy atom. The van der Waals surface area contributed by atoms with Gasteiger partial charge in [0.1, 0.15) is 0 Å². The van der Waals surface area contributed by atoms with Crippen molar-refractivity contribution in [3.63, 3.8) is 0 Å². The number of fused-ring (bicyclic) bond motifs is 2. The highest BCUT2D eigenvalue weighted by molar-refractivity contribution is 5.99. The molecule has 1 N–H and O–H groups in total. The van der Waals surface area contributed by atoms with E-state index in [2.05, 4.69) is 38.4 Å². The second-order valence-electron chi connectivity index (χ2n) is 9.26. The van der Waals surface area contributed by atoms with Crippen LogP contribution in [0.4, 0.5) is 22.7 Å². The Balaban J connectivity index is 1.52. The van der Waals surface area contributed by atoms with Gasteiger partial charge >= 0.3 is 0 Å². The minimum Gasteiger partial charge on any atom is -0.381 e. The maximum atomic E-state index is 12.8. The molecule has 0 atom stereocenters. The zero-order valence-electron chi connectivity index (χ0n) is 20.3. The summed E-state index contributed by atoms with van der Waals surface area (Å²) in [6, 6.07) is 8.50. The molecule has 0 unspecified atom stereocenters. The van der Waals surface area contributed by atoms with Crippen molar-refractivity contribution < 1.29 is 4.74 Å². The topological polar surface area (TPSA) is 80.5 Å². The Labute approximate surface area is 203 Å². The third kappa shape index (κ3) is 3.72. The Morgan fingerprint density at radius 2 is 1.83 bits per heavy atom. The molecule has 35 heavy (non-hydrogen) atoms. The smallest absolute Gasteiger partial charge is 0.253 e. The quantitative estimate of drug-likeness (QED) is 0.492. The molecule has 1 aromatic carbocycles. The van der Waals surface area contributed by atoms with Gasteiger partial charge in [-0.05, 0) is 31.2 Å². The summed E-state index contributed by atoms with van der Waals surface area (Å²) in [7, 11) is 3.77. The van der Waals surface area contributed by atoms with Gasteiger partial charge < -0.3 is 24.4 Å². The van der Waals surface area contributed by atoms with Crippen molar-refractivity contribution in [1.82, 2.24) is 19.3 Å². The van der Waals surface area contributed by atoms with E-state index in [1.54, 1.807) is 9.25 Å². The van der Waals surface area contributed by atoms with E-state index in [0.717, 1.165) is 76.7 Å². The molecule has 3 aromatic heterocycles. The summed E-state index contributed by atoms with van der Waals surface area (Å²) in [6.45, 7) is 6.56. The number of hydrogen-bond donors (Lipinski definition) is 1. The molecule has 180 valence electrons. The number of pyridine rings is 2. The lowest BCUT2D eigenvalue weighted by Gasteiger charge is -2.35. The van der Waals surface area contributed by atoms with Crippen molar-refractivity contribution in [3.8, 4) is 11.3 Å². The zero-order valence-corrected chi connectivity index (χ0v) is 20.3. The standard InChI is InChI=1S/C26H29N7O2/c1-17-10-20-23(31(3)26(17)34)11-19(32-6-8-35-9-7-32)12-24(20)33-5-4-27-22-13-21(28-15-25(22)33)18-14-29-30(2)16-18/h10-16,27H,4-9H2,1-3H3. The molecule has 0 aliphatic carbocycles. The van der Waals surface area contributed by atoms with Gasteiger partial charge in [0.05, 0.1) is 53.9 Å². The lowest BCUT2D eigenvalue weighted by atomic mass is 10.1. The van der Waals surface area contributed by atoms with Gasteiger partial charge in [-0.2, -0.15) is 5.10 Å². The fourth-order valence-electron chi connectivity index (χ4n) is 5.10. The predicted octanol–water partition coefficient (Wildman–Crippen LogP) is 3.04. The molecule has 0 saturated carbocycles. The summed E-state index contributed by atoms with van der Waals surface area (Å²) in [4.78, 5) is 22.3. The van der Waals surface area contributed by atoms with Crippen LogP contribution in [0.1, 0.15) is 5.56 Å². The number of aromatic nitrogens is 4. The lowest BCUT2D eigenvalue weighted by molar-refractivity contribution is 0.122. The third-order valence-electron chi connectivity index (χ3n) is 6.98. The van der Waals surface area contributed by atoms with Crippen molar-refractivity contribution >= 4 is 33.7 Å². The number of rotatable bonds is 3. The monoisotopic (exact) mass is 471 g/mol. The average Bonchev–Trinajstić information content (AvgIpc) is 3.33. The molecule has 2 aliphatic rings. The first kappa shape index (κ1) is 21.7. The zero-order chi connectivity index (χ0) is 24.1.